The Morgan fingerprint density at radius 3 is 1.80 bits per heavy atom. The molecule has 0 radical (unpaired) electrons. The molecule has 0 aliphatic carbocycles. The van der Waals surface area contributed by atoms with Gasteiger partial charge in [-0.05, 0) is 6.92 Å². The van der Waals surface area contributed by atoms with Gasteiger partial charge >= 0.3 is 15.4 Å². The second-order valence-electron chi connectivity index (χ2n) is 0.408. The van der Waals surface area contributed by atoms with Gasteiger partial charge in [-0.1, -0.05) is 6.08 Å². The van der Waals surface area contributed by atoms with Crippen molar-refractivity contribution in [3.63, 3.8) is 0 Å². The molecule has 0 aliphatic rings. The maximum atomic E-state index is 4.78. The smallest absolute Gasteiger partial charge is 0.273 e. The van der Waals surface area contributed by atoms with E-state index in [2.05, 4.69) is 6.58 Å². The van der Waals surface area contributed by atoms with Crippen LogP contribution < -0.4 is 0 Å². The molecular formula is C3H8AlCl. The minimum atomic E-state index is 0.778. The summed E-state index contributed by atoms with van der Waals surface area (Å²) in [7, 11) is 4.78. The van der Waals surface area contributed by atoms with Gasteiger partial charge in [0.25, 0.3) is 0 Å². The molecule has 0 N–H and O–H groups in total. The van der Waals surface area contributed by atoms with E-state index in [1.807, 2.05) is 6.92 Å². The molecule has 0 fully saturated rings. The first-order valence-electron chi connectivity index (χ1n) is 1.36. The lowest BCUT2D eigenvalue weighted by molar-refractivity contribution is 1.80. The van der Waals surface area contributed by atoms with Gasteiger partial charge in [0.05, 0.1) is 0 Å². The quantitative estimate of drug-likeness (QED) is 0.319. The summed E-state index contributed by atoms with van der Waals surface area (Å²) in [5.74, 6) is 0. The van der Waals surface area contributed by atoms with Crippen molar-refractivity contribution >= 4 is 25.4 Å². The highest BCUT2D eigenvalue weighted by Crippen LogP contribution is 1.38. The summed E-state index contributed by atoms with van der Waals surface area (Å²) in [6.07, 6.45) is 1.75. The highest BCUT2D eigenvalue weighted by Gasteiger charge is 1.15. The lowest BCUT2D eigenvalue weighted by atomic mass is 10.8. The maximum Gasteiger partial charge on any atom is 0.353 e. The topological polar surface area (TPSA) is 0 Å². The van der Waals surface area contributed by atoms with Crippen LogP contribution in [0.2, 0.25) is 0 Å². The van der Waals surface area contributed by atoms with E-state index in [-0.39, 0.29) is 0 Å². The van der Waals surface area contributed by atoms with Crippen LogP contribution in [0.4, 0.5) is 0 Å². The molecule has 0 bridgehead atoms. The predicted octanol–water partition coefficient (Wildman–Crippen LogP) is 0.966. The molecule has 2 heteroatoms. The van der Waals surface area contributed by atoms with E-state index in [9.17, 15) is 0 Å². The molecule has 0 aromatic heterocycles. The van der Waals surface area contributed by atoms with Crippen molar-refractivity contribution in [1.82, 2.24) is 0 Å². The first-order valence-corrected chi connectivity index (χ1v) is 4.39. The van der Waals surface area contributed by atoms with Crippen LogP contribution in [-0.2, 0) is 0 Å². The predicted molar refractivity (Wildman–Crippen MR) is 30.3 cm³/mol. The molecule has 0 aliphatic heterocycles. The summed E-state index contributed by atoms with van der Waals surface area (Å²) in [6.45, 7) is 5.25. The lowest BCUT2D eigenvalue weighted by Gasteiger charge is -1.31. The Morgan fingerprint density at radius 1 is 1.80 bits per heavy atom. The molecule has 0 nitrogen and oxygen atoms in total. The molecule has 0 aromatic carbocycles. The number of hydrogen-bond acceptors (Lipinski definition) is 0. The van der Waals surface area contributed by atoms with Crippen molar-refractivity contribution < 1.29 is 0 Å². The molecular weight excluding hydrogens is 98.5 g/mol. The summed E-state index contributed by atoms with van der Waals surface area (Å²) in [4.78, 5) is 0. The molecule has 0 rings (SSSR count). The summed E-state index contributed by atoms with van der Waals surface area (Å²) in [5, 5.41) is 0. The van der Waals surface area contributed by atoms with Gasteiger partial charge in [-0.3, -0.25) is 10.0 Å². The minimum Gasteiger partial charge on any atom is -0.273 e. The highest BCUT2D eigenvalue weighted by molar-refractivity contribution is 6.80. The van der Waals surface area contributed by atoms with Crippen molar-refractivity contribution in [3.8, 4) is 0 Å². The van der Waals surface area contributed by atoms with Crippen molar-refractivity contribution in [2.75, 3.05) is 0 Å². The molecule has 0 saturated heterocycles. The molecule has 0 atom stereocenters. The molecule has 0 saturated carbocycles. The van der Waals surface area contributed by atoms with E-state index < -0.39 is 0 Å². The van der Waals surface area contributed by atoms with Crippen LogP contribution in [0, 0.1) is 0 Å². The highest BCUT2D eigenvalue weighted by atomic mass is 35.6. The van der Waals surface area contributed by atoms with Crippen LogP contribution in [0.15, 0.2) is 12.7 Å². The summed E-state index contributed by atoms with van der Waals surface area (Å²) in [5.41, 5.74) is 0. The summed E-state index contributed by atoms with van der Waals surface area (Å²) < 4.78 is 0. The standard InChI is InChI=1S/C3H6.Al.ClH.2H/c1-3-2;;;;/h3H,1H2,2H3;;1H;;/q;+1;;;/p-1. The molecule has 30 valence electrons. The van der Waals surface area contributed by atoms with Crippen molar-refractivity contribution in [1.29, 1.82) is 0 Å². The fraction of sp³-hybridized carbons (Fsp3) is 0.333. The van der Waals surface area contributed by atoms with Gasteiger partial charge in [0.15, 0.2) is 0 Å². The zero-order valence-corrected chi connectivity index (χ0v) is 6.42. The van der Waals surface area contributed by atoms with Crippen LogP contribution in [0.5, 0.6) is 0 Å². The van der Waals surface area contributed by atoms with E-state index in [1.165, 1.54) is 0 Å². The average molecular weight is 107 g/mol. The van der Waals surface area contributed by atoms with Crippen LogP contribution in [-0.4, -0.2) is 15.4 Å². The number of halogens is 1. The molecule has 0 spiro atoms. The van der Waals surface area contributed by atoms with E-state index in [4.69, 9.17) is 10.0 Å². The number of hydrogen-bond donors (Lipinski definition) is 0. The zero-order valence-electron chi connectivity index (χ0n) is 3.66. The van der Waals surface area contributed by atoms with Crippen LogP contribution >= 0.6 is 10.0 Å². The first-order chi connectivity index (χ1) is 2.41. The van der Waals surface area contributed by atoms with Crippen molar-refractivity contribution in [2.45, 2.75) is 6.92 Å². The van der Waals surface area contributed by atoms with Crippen LogP contribution in [0.3, 0.4) is 0 Å². The normalized spacial score (nSPS) is 3.60. The third-order valence-corrected chi connectivity index (χ3v) is 0. The van der Waals surface area contributed by atoms with Crippen LogP contribution in [0.1, 0.15) is 6.92 Å². The number of allylic oxidation sites excluding steroid dienone is 1. The summed E-state index contributed by atoms with van der Waals surface area (Å²) >= 11 is 0.778. The van der Waals surface area contributed by atoms with Crippen molar-refractivity contribution in [3.05, 3.63) is 12.7 Å². The first kappa shape index (κ1) is 9.12. The van der Waals surface area contributed by atoms with E-state index in [1.54, 1.807) is 6.08 Å². The third kappa shape index (κ3) is 94.7. The van der Waals surface area contributed by atoms with Gasteiger partial charge in [0.1, 0.15) is 0 Å². The van der Waals surface area contributed by atoms with E-state index >= 15 is 0 Å². The molecule has 0 aromatic rings. The van der Waals surface area contributed by atoms with E-state index in [0.717, 1.165) is 15.4 Å². The fourth-order valence-corrected chi connectivity index (χ4v) is 0. The van der Waals surface area contributed by atoms with Crippen LogP contribution in [0.25, 0.3) is 0 Å². The van der Waals surface area contributed by atoms with Gasteiger partial charge in [-0.15, -0.1) is 6.58 Å². The zero-order chi connectivity index (χ0) is 4.71. The van der Waals surface area contributed by atoms with Gasteiger partial charge in [-0.2, -0.15) is 0 Å². The Morgan fingerprint density at radius 2 is 1.80 bits per heavy atom. The Balaban J connectivity index is 0. The SMILES string of the molecule is C=CC.[AlH2][Cl]. The second kappa shape index (κ2) is 23.7. The molecule has 0 heterocycles. The maximum absolute atomic E-state index is 4.78. The Bertz CT molecular complexity index is 14.4. The largest absolute Gasteiger partial charge is 0.353 e. The van der Waals surface area contributed by atoms with Gasteiger partial charge in [0.2, 0.25) is 0 Å². The molecule has 0 unspecified atom stereocenters. The Hall–Kier alpha value is 0.562. The third-order valence-electron chi connectivity index (χ3n) is 0. The minimum absolute atomic E-state index is 0.778. The average Bonchev–Trinajstić information content (AvgIpc) is 1.46. The fourth-order valence-electron chi connectivity index (χ4n) is 0. The van der Waals surface area contributed by atoms with Gasteiger partial charge < -0.3 is 0 Å². The van der Waals surface area contributed by atoms with Gasteiger partial charge in [0, 0.05) is 0 Å². The molecule has 0 amide bonds. The second-order valence-corrected chi connectivity index (χ2v) is 0.408. The lowest BCUT2D eigenvalue weighted by Crippen LogP contribution is -1.07. The summed E-state index contributed by atoms with van der Waals surface area (Å²) in [6, 6.07) is 0. The van der Waals surface area contributed by atoms with Gasteiger partial charge in [-0.25, -0.2) is 0 Å². The van der Waals surface area contributed by atoms with Crippen molar-refractivity contribution in [2.24, 2.45) is 0 Å². The van der Waals surface area contributed by atoms with E-state index in [0.29, 0.717) is 0 Å². The Labute approximate surface area is 45.5 Å². The Kier molecular flexibility index (Phi) is 43.3. The number of rotatable bonds is 0. The molecule has 5 heavy (non-hydrogen) atoms. The monoisotopic (exact) mass is 106 g/mol.